The molecule has 8 heteroatoms. The van der Waals surface area contributed by atoms with Gasteiger partial charge in [0.1, 0.15) is 5.76 Å². The van der Waals surface area contributed by atoms with Crippen LogP contribution in [0, 0.1) is 0 Å². The first-order chi connectivity index (χ1) is 13.3. The molecule has 0 saturated carbocycles. The maximum Gasteiger partial charge on any atom is 0.253 e. The fourth-order valence-corrected chi connectivity index (χ4v) is 3.35. The third kappa shape index (κ3) is 4.35. The minimum absolute atomic E-state index is 0.00734. The van der Waals surface area contributed by atoms with Crippen molar-refractivity contribution >= 4 is 23.4 Å². The van der Waals surface area contributed by atoms with Gasteiger partial charge < -0.3 is 9.32 Å². The fourth-order valence-electron chi connectivity index (χ4n) is 2.62. The van der Waals surface area contributed by atoms with Crippen molar-refractivity contribution in [1.29, 1.82) is 0 Å². The quantitative estimate of drug-likeness (QED) is 0.460. The molecule has 4 aromatic rings. The highest BCUT2D eigenvalue weighted by Gasteiger charge is 2.17. The number of fused-ring (bicyclic) bond motifs is 1. The van der Waals surface area contributed by atoms with E-state index >= 15 is 0 Å². The van der Waals surface area contributed by atoms with E-state index < -0.39 is 0 Å². The minimum atomic E-state index is -0.00734. The van der Waals surface area contributed by atoms with E-state index in [4.69, 9.17) is 4.42 Å². The number of hydrogen-bond donors (Lipinski definition) is 0. The Kier molecular flexibility index (Phi) is 5.15. The average molecular weight is 379 g/mol. The van der Waals surface area contributed by atoms with E-state index in [0.29, 0.717) is 24.0 Å². The molecular formula is C19H17N5O2S. The maximum absolute atomic E-state index is 12.8. The van der Waals surface area contributed by atoms with Gasteiger partial charge >= 0.3 is 0 Å². The molecule has 0 atom stereocenters. The first kappa shape index (κ1) is 17.3. The van der Waals surface area contributed by atoms with Crippen LogP contribution in [0.4, 0.5) is 0 Å². The lowest BCUT2D eigenvalue weighted by molar-refractivity contribution is -0.129. The van der Waals surface area contributed by atoms with E-state index in [1.165, 1.54) is 11.8 Å². The summed E-state index contributed by atoms with van der Waals surface area (Å²) in [6, 6.07) is 15.4. The molecule has 1 amide bonds. The summed E-state index contributed by atoms with van der Waals surface area (Å²) in [6.07, 6.45) is 5.05. The van der Waals surface area contributed by atoms with Crippen LogP contribution in [0.1, 0.15) is 11.3 Å². The van der Waals surface area contributed by atoms with Gasteiger partial charge in [-0.1, -0.05) is 42.1 Å². The number of nitrogens with zero attached hydrogens (tertiary/aromatic N) is 5. The fraction of sp³-hybridized carbons (Fsp3) is 0.158. The van der Waals surface area contributed by atoms with Gasteiger partial charge in [-0.3, -0.25) is 4.79 Å². The van der Waals surface area contributed by atoms with E-state index in [-0.39, 0.29) is 11.7 Å². The zero-order chi connectivity index (χ0) is 18.5. The molecule has 3 aromatic heterocycles. The predicted molar refractivity (Wildman–Crippen MR) is 101 cm³/mol. The van der Waals surface area contributed by atoms with Crippen LogP contribution in [0.5, 0.6) is 0 Å². The summed E-state index contributed by atoms with van der Waals surface area (Å²) in [4.78, 5) is 23.1. The van der Waals surface area contributed by atoms with Gasteiger partial charge in [-0.15, -0.1) is 5.10 Å². The Balaban J connectivity index is 1.45. The Morgan fingerprint density at radius 3 is 2.78 bits per heavy atom. The van der Waals surface area contributed by atoms with Gasteiger partial charge in [0.25, 0.3) is 5.78 Å². The smallest absolute Gasteiger partial charge is 0.253 e. The predicted octanol–water partition coefficient (Wildman–Crippen LogP) is 3.04. The van der Waals surface area contributed by atoms with Crippen LogP contribution in [0.15, 0.2) is 76.8 Å². The lowest BCUT2D eigenvalue weighted by Crippen LogP contribution is -2.31. The highest BCUT2D eigenvalue weighted by molar-refractivity contribution is 7.99. The van der Waals surface area contributed by atoms with Crippen molar-refractivity contribution in [3.05, 3.63) is 78.5 Å². The molecule has 1 aromatic carbocycles. The summed E-state index contributed by atoms with van der Waals surface area (Å²) in [5, 5.41) is 4.85. The molecule has 0 unspecified atom stereocenters. The largest absolute Gasteiger partial charge is 0.467 e. The second-order valence-corrected chi connectivity index (χ2v) is 6.80. The van der Waals surface area contributed by atoms with E-state index in [9.17, 15) is 4.79 Å². The van der Waals surface area contributed by atoms with Crippen LogP contribution in [-0.4, -0.2) is 36.1 Å². The number of rotatable bonds is 7. The van der Waals surface area contributed by atoms with Crippen LogP contribution in [-0.2, 0) is 17.9 Å². The summed E-state index contributed by atoms with van der Waals surface area (Å²) >= 11 is 1.30. The first-order valence-electron chi connectivity index (χ1n) is 8.42. The maximum atomic E-state index is 12.8. The van der Waals surface area contributed by atoms with Gasteiger partial charge in [0, 0.05) is 18.9 Å². The van der Waals surface area contributed by atoms with Crippen LogP contribution < -0.4 is 0 Å². The van der Waals surface area contributed by atoms with E-state index in [1.807, 2.05) is 42.5 Å². The van der Waals surface area contributed by atoms with Crippen molar-refractivity contribution in [3.8, 4) is 0 Å². The zero-order valence-electron chi connectivity index (χ0n) is 14.4. The number of thioether (sulfide) groups is 1. The molecule has 4 rings (SSSR count). The molecule has 0 radical (unpaired) electrons. The van der Waals surface area contributed by atoms with Crippen LogP contribution in [0.2, 0.25) is 0 Å². The number of hydrogen-bond acceptors (Lipinski definition) is 6. The van der Waals surface area contributed by atoms with E-state index in [1.54, 1.807) is 34.1 Å². The van der Waals surface area contributed by atoms with Gasteiger partial charge in [-0.25, -0.2) is 9.50 Å². The minimum Gasteiger partial charge on any atom is -0.467 e. The topological polar surface area (TPSA) is 76.5 Å². The second-order valence-electron chi connectivity index (χ2n) is 5.86. The molecule has 0 aliphatic carbocycles. The molecule has 27 heavy (non-hydrogen) atoms. The number of amides is 1. The highest BCUT2D eigenvalue weighted by atomic mass is 32.2. The molecule has 0 aliphatic heterocycles. The lowest BCUT2D eigenvalue weighted by Gasteiger charge is -2.21. The molecule has 0 spiro atoms. The number of carbonyl (C=O) groups excluding carboxylic acids is 1. The Hall–Kier alpha value is -3.13. The molecule has 0 bridgehead atoms. The summed E-state index contributed by atoms with van der Waals surface area (Å²) in [5.41, 5.74) is 1.07. The van der Waals surface area contributed by atoms with Crippen molar-refractivity contribution in [2.75, 3.05) is 5.75 Å². The van der Waals surface area contributed by atoms with Gasteiger partial charge in [-0.05, 0) is 23.8 Å². The second kappa shape index (κ2) is 8.05. The molecule has 3 heterocycles. The summed E-state index contributed by atoms with van der Waals surface area (Å²) in [7, 11) is 0. The highest BCUT2D eigenvalue weighted by Crippen LogP contribution is 2.17. The average Bonchev–Trinajstić information content (AvgIpc) is 3.35. The molecule has 0 fully saturated rings. The van der Waals surface area contributed by atoms with Gasteiger partial charge in [0.15, 0.2) is 0 Å². The Bertz CT molecular complexity index is 984. The van der Waals surface area contributed by atoms with Crippen molar-refractivity contribution in [1.82, 2.24) is 24.5 Å². The molecule has 7 nitrogen and oxygen atoms in total. The molecular weight excluding hydrogens is 362 g/mol. The van der Waals surface area contributed by atoms with Crippen molar-refractivity contribution in [3.63, 3.8) is 0 Å². The van der Waals surface area contributed by atoms with Crippen LogP contribution in [0.25, 0.3) is 5.78 Å². The van der Waals surface area contributed by atoms with Crippen molar-refractivity contribution < 1.29 is 9.21 Å². The lowest BCUT2D eigenvalue weighted by atomic mass is 10.2. The number of furan rings is 1. The number of benzene rings is 1. The summed E-state index contributed by atoms with van der Waals surface area (Å²) < 4.78 is 7.01. The third-order valence-electron chi connectivity index (χ3n) is 3.92. The standard InChI is InChI=1S/C19H17N5O2S/c25-17(14-27-19-21-18-20-9-5-10-24(18)22-19)23(13-16-8-4-11-26-16)12-15-6-2-1-3-7-15/h1-11H,12-14H2. The van der Waals surface area contributed by atoms with Crippen LogP contribution in [0.3, 0.4) is 0 Å². The number of aromatic nitrogens is 4. The Morgan fingerprint density at radius 2 is 2.00 bits per heavy atom. The van der Waals surface area contributed by atoms with E-state index in [2.05, 4.69) is 15.1 Å². The first-order valence-corrected chi connectivity index (χ1v) is 9.41. The van der Waals surface area contributed by atoms with Crippen molar-refractivity contribution in [2.45, 2.75) is 18.2 Å². The molecule has 136 valence electrons. The normalized spacial score (nSPS) is 11.0. The SMILES string of the molecule is O=C(CSc1nc2ncccn2n1)N(Cc1ccccc1)Cc1ccco1. The third-order valence-corrected chi connectivity index (χ3v) is 4.74. The van der Waals surface area contributed by atoms with E-state index in [0.717, 1.165) is 11.3 Å². The number of carbonyl (C=O) groups is 1. The molecule has 0 saturated heterocycles. The monoisotopic (exact) mass is 379 g/mol. The summed E-state index contributed by atoms with van der Waals surface area (Å²) in [6.45, 7) is 0.933. The molecule has 0 aliphatic rings. The van der Waals surface area contributed by atoms with Gasteiger partial charge in [0.2, 0.25) is 11.1 Å². The Morgan fingerprint density at radius 1 is 1.11 bits per heavy atom. The molecule has 0 N–H and O–H groups in total. The van der Waals surface area contributed by atoms with Gasteiger partial charge in [0.05, 0.1) is 18.6 Å². The van der Waals surface area contributed by atoms with Crippen molar-refractivity contribution in [2.24, 2.45) is 0 Å². The Labute approximate surface area is 160 Å². The zero-order valence-corrected chi connectivity index (χ0v) is 15.2. The van der Waals surface area contributed by atoms with Gasteiger partial charge in [-0.2, -0.15) is 4.98 Å². The summed E-state index contributed by atoms with van der Waals surface area (Å²) in [5.74, 6) is 1.50. The van der Waals surface area contributed by atoms with Crippen LogP contribution >= 0.6 is 11.8 Å².